The lowest BCUT2D eigenvalue weighted by molar-refractivity contribution is -0.142. The van der Waals surface area contributed by atoms with Gasteiger partial charge in [0.25, 0.3) is 5.91 Å². The van der Waals surface area contributed by atoms with Crippen molar-refractivity contribution in [2.75, 3.05) is 32.2 Å². The molecule has 3 aliphatic heterocycles. The van der Waals surface area contributed by atoms with Crippen LogP contribution in [-0.2, 0) is 25.6 Å². The highest BCUT2D eigenvalue weighted by atomic mass is 16.7. The molecule has 0 saturated carbocycles. The van der Waals surface area contributed by atoms with Crippen molar-refractivity contribution in [2.24, 2.45) is 5.92 Å². The Kier molecular flexibility index (Phi) is 4.61. The molecule has 0 aromatic heterocycles. The number of imide groups is 1. The van der Waals surface area contributed by atoms with Gasteiger partial charge in [-0.05, 0) is 30.2 Å². The van der Waals surface area contributed by atoms with E-state index in [0.717, 1.165) is 24.3 Å². The van der Waals surface area contributed by atoms with E-state index in [1.807, 2.05) is 18.2 Å². The van der Waals surface area contributed by atoms with Gasteiger partial charge in [0.1, 0.15) is 6.04 Å². The second-order valence-corrected chi connectivity index (χ2v) is 7.25. The third-order valence-corrected chi connectivity index (χ3v) is 5.63. The Labute approximate surface area is 157 Å². The summed E-state index contributed by atoms with van der Waals surface area (Å²) >= 11 is 0. The van der Waals surface area contributed by atoms with E-state index < -0.39 is 6.04 Å². The third kappa shape index (κ3) is 3.08. The molecule has 2 fully saturated rings. The zero-order valence-electron chi connectivity index (χ0n) is 15.4. The number of carbonyl (C=O) groups excluding carboxylic acids is 3. The van der Waals surface area contributed by atoms with Crippen LogP contribution in [0.1, 0.15) is 28.8 Å². The lowest BCUT2D eigenvalue weighted by Crippen LogP contribution is -2.53. The van der Waals surface area contributed by atoms with Crippen LogP contribution < -0.4 is 10.2 Å². The summed E-state index contributed by atoms with van der Waals surface area (Å²) in [6, 6.07) is 5.21. The molecule has 0 unspecified atom stereocenters. The molecule has 2 saturated heterocycles. The Balaban J connectivity index is 1.46. The third-order valence-electron chi connectivity index (χ3n) is 5.63. The van der Waals surface area contributed by atoms with Crippen molar-refractivity contribution >= 4 is 23.4 Å². The van der Waals surface area contributed by atoms with E-state index in [0.29, 0.717) is 24.4 Å². The van der Waals surface area contributed by atoms with E-state index in [1.165, 1.54) is 0 Å². The maximum absolute atomic E-state index is 12.7. The number of piperidine rings is 1. The minimum Gasteiger partial charge on any atom is -0.370 e. The number of anilines is 1. The SMILES string of the molecule is COC(OC)C1CN(c2ccc3c(c2)CN([C@@H]2CCC(=O)NC2=O)C3=O)C1. The minimum atomic E-state index is -0.580. The number of amides is 3. The molecule has 3 heterocycles. The molecule has 0 spiro atoms. The Bertz CT molecular complexity index is 786. The van der Waals surface area contributed by atoms with E-state index in [1.54, 1.807) is 19.1 Å². The van der Waals surface area contributed by atoms with E-state index in [-0.39, 0.29) is 30.4 Å². The van der Waals surface area contributed by atoms with Crippen LogP contribution in [0.3, 0.4) is 0 Å². The molecule has 0 aliphatic carbocycles. The van der Waals surface area contributed by atoms with Crippen LogP contribution in [0.5, 0.6) is 0 Å². The van der Waals surface area contributed by atoms with Gasteiger partial charge in [0, 0.05) is 57.4 Å². The standard InChI is InChI=1S/C19H23N3O5/c1-26-19(27-2)12-8-21(9-12)13-3-4-14-11(7-13)10-22(18(14)25)15-5-6-16(23)20-17(15)24/h3-4,7,12,15,19H,5-6,8-10H2,1-2H3,(H,20,23,24)/t15-/m1/s1. The fraction of sp³-hybridized carbons (Fsp3) is 0.526. The summed E-state index contributed by atoms with van der Waals surface area (Å²) in [5, 5.41) is 2.32. The minimum absolute atomic E-state index is 0.147. The van der Waals surface area contributed by atoms with Gasteiger partial charge in [-0.2, -0.15) is 0 Å². The fourth-order valence-electron chi connectivity index (χ4n) is 4.13. The zero-order chi connectivity index (χ0) is 19.1. The predicted octanol–water partition coefficient (Wildman–Crippen LogP) is 0.503. The normalized spacial score (nSPS) is 22.9. The first-order chi connectivity index (χ1) is 13.0. The largest absolute Gasteiger partial charge is 0.370 e. The molecule has 3 amide bonds. The first kappa shape index (κ1) is 17.9. The molecule has 0 radical (unpaired) electrons. The first-order valence-corrected chi connectivity index (χ1v) is 9.10. The zero-order valence-corrected chi connectivity index (χ0v) is 15.4. The molecule has 1 aromatic carbocycles. The number of ether oxygens (including phenoxy) is 2. The van der Waals surface area contributed by atoms with Crippen molar-refractivity contribution in [3.63, 3.8) is 0 Å². The van der Waals surface area contributed by atoms with Crippen LogP contribution in [0.15, 0.2) is 18.2 Å². The van der Waals surface area contributed by atoms with Gasteiger partial charge in [-0.1, -0.05) is 0 Å². The molecule has 1 N–H and O–H groups in total. The van der Waals surface area contributed by atoms with Gasteiger partial charge in [-0.15, -0.1) is 0 Å². The summed E-state index contributed by atoms with van der Waals surface area (Å²) in [7, 11) is 3.28. The van der Waals surface area contributed by atoms with Crippen molar-refractivity contribution in [3.8, 4) is 0 Å². The summed E-state index contributed by atoms with van der Waals surface area (Å²) in [4.78, 5) is 40.0. The smallest absolute Gasteiger partial charge is 0.255 e. The monoisotopic (exact) mass is 373 g/mol. The molecule has 0 bridgehead atoms. The van der Waals surface area contributed by atoms with Gasteiger partial charge < -0.3 is 19.3 Å². The van der Waals surface area contributed by atoms with Gasteiger partial charge in [-0.25, -0.2) is 0 Å². The molecule has 1 atom stereocenters. The Morgan fingerprint density at radius 1 is 1.15 bits per heavy atom. The topological polar surface area (TPSA) is 88.2 Å². The average Bonchev–Trinajstić information content (AvgIpc) is 2.93. The molecular weight excluding hydrogens is 350 g/mol. The second kappa shape index (κ2) is 6.94. The van der Waals surface area contributed by atoms with Crippen molar-refractivity contribution in [1.29, 1.82) is 0 Å². The van der Waals surface area contributed by atoms with Crippen molar-refractivity contribution in [3.05, 3.63) is 29.3 Å². The number of rotatable bonds is 5. The number of hydrogen-bond acceptors (Lipinski definition) is 6. The summed E-state index contributed by atoms with van der Waals surface area (Å²) in [5.41, 5.74) is 2.60. The van der Waals surface area contributed by atoms with Crippen LogP contribution in [0, 0.1) is 5.92 Å². The van der Waals surface area contributed by atoms with Crippen LogP contribution in [0.25, 0.3) is 0 Å². The quantitative estimate of drug-likeness (QED) is 0.597. The van der Waals surface area contributed by atoms with Gasteiger partial charge in [0.15, 0.2) is 6.29 Å². The van der Waals surface area contributed by atoms with Crippen LogP contribution in [-0.4, -0.2) is 62.3 Å². The second-order valence-electron chi connectivity index (χ2n) is 7.25. The highest BCUT2D eigenvalue weighted by Gasteiger charge is 2.40. The molecule has 27 heavy (non-hydrogen) atoms. The van der Waals surface area contributed by atoms with E-state index in [4.69, 9.17) is 9.47 Å². The van der Waals surface area contributed by atoms with Crippen molar-refractivity contribution < 1.29 is 23.9 Å². The summed E-state index contributed by atoms with van der Waals surface area (Å²) in [6.07, 6.45) is 0.428. The molecule has 8 nitrogen and oxygen atoms in total. The Hall–Kier alpha value is -2.45. The van der Waals surface area contributed by atoms with Gasteiger partial charge in [0.2, 0.25) is 11.8 Å². The number of methoxy groups -OCH3 is 2. The van der Waals surface area contributed by atoms with Crippen LogP contribution >= 0.6 is 0 Å². The summed E-state index contributed by atoms with van der Waals surface area (Å²) in [5.74, 6) is -0.495. The molecule has 4 rings (SSSR count). The fourth-order valence-corrected chi connectivity index (χ4v) is 4.13. The number of nitrogens with zero attached hydrogens (tertiary/aromatic N) is 2. The molecule has 3 aliphatic rings. The highest BCUT2D eigenvalue weighted by Crippen LogP contribution is 2.33. The summed E-state index contributed by atoms with van der Waals surface area (Å²) < 4.78 is 10.6. The lowest BCUT2D eigenvalue weighted by Gasteiger charge is -2.43. The Morgan fingerprint density at radius 2 is 1.89 bits per heavy atom. The Morgan fingerprint density at radius 3 is 2.56 bits per heavy atom. The van der Waals surface area contributed by atoms with E-state index >= 15 is 0 Å². The number of benzene rings is 1. The van der Waals surface area contributed by atoms with Crippen molar-refractivity contribution in [2.45, 2.75) is 31.7 Å². The molecule has 1 aromatic rings. The first-order valence-electron chi connectivity index (χ1n) is 9.10. The number of nitrogens with one attached hydrogen (secondary N) is 1. The van der Waals surface area contributed by atoms with Crippen LogP contribution in [0.2, 0.25) is 0 Å². The molecule has 8 heteroatoms. The lowest BCUT2D eigenvalue weighted by atomic mass is 9.97. The van der Waals surface area contributed by atoms with Crippen molar-refractivity contribution in [1.82, 2.24) is 10.2 Å². The average molecular weight is 373 g/mol. The van der Waals surface area contributed by atoms with Crippen LogP contribution in [0.4, 0.5) is 5.69 Å². The van der Waals surface area contributed by atoms with E-state index in [9.17, 15) is 14.4 Å². The van der Waals surface area contributed by atoms with Gasteiger partial charge in [0.05, 0.1) is 0 Å². The number of fused-ring (bicyclic) bond motifs is 1. The maximum Gasteiger partial charge on any atom is 0.255 e. The number of carbonyl (C=O) groups is 3. The van der Waals surface area contributed by atoms with Gasteiger partial charge in [-0.3, -0.25) is 19.7 Å². The molecular formula is C19H23N3O5. The molecule has 144 valence electrons. The van der Waals surface area contributed by atoms with Gasteiger partial charge >= 0.3 is 0 Å². The predicted molar refractivity (Wildman–Crippen MR) is 96.0 cm³/mol. The highest BCUT2D eigenvalue weighted by molar-refractivity contribution is 6.05. The number of hydrogen-bond donors (Lipinski definition) is 1. The van der Waals surface area contributed by atoms with E-state index in [2.05, 4.69) is 10.2 Å². The maximum atomic E-state index is 12.7. The summed E-state index contributed by atoms with van der Waals surface area (Å²) in [6.45, 7) is 2.05.